The highest BCUT2D eigenvalue weighted by Gasteiger charge is 2.24. The molecule has 0 radical (unpaired) electrons. The maximum Gasteiger partial charge on any atom is 0.255 e. The van der Waals surface area contributed by atoms with E-state index < -0.39 is 0 Å². The molecule has 1 amide bonds. The van der Waals surface area contributed by atoms with E-state index in [1.165, 1.54) is 5.56 Å². The van der Waals surface area contributed by atoms with Crippen LogP contribution in [0, 0.1) is 13.8 Å². The summed E-state index contributed by atoms with van der Waals surface area (Å²) in [6.07, 6.45) is 0. The zero-order valence-corrected chi connectivity index (χ0v) is 16.3. The minimum Gasteiger partial charge on any atom is -0.368 e. The van der Waals surface area contributed by atoms with Gasteiger partial charge in [0.1, 0.15) is 0 Å². The largest absolute Gasteiger partial charge is 0.368 e. The summed E-state index contributed by atoms with van der Waals surface area (Å²) in [4.78, 5) is 21.9. The molecule has 1 fully saturated rings. The lowest BCUT2D eigenvalue weighted by Gasteiger charge is -2.36. The molecule has 0 saturated carbocycles. The number of amides is 1. The van der Waals surface area contributed by atoms with Gasteiger partial charge in [0.2, 0.25) is 0 Å². The van der Waals surface area contributed by atoms with Crippen LogP contribution in [0.25, 0.3) is 10.9 Å². The molecule has 3 aromatic rings. The summed E-state index contributed by atoms with van der Waals surface area (Å²) in [5.74, 6) is 0.0640. The average molecular weight is 380 g/mol. The van der Waals surface area contributed by atoms with Crippen LogP contribution >= 0.6 is 11.6 Å². The molecule has 138 valence electrons. The molecule has 1 aliphatic rings. The van der Waals surface area contributed by atoms with E-state index in [0.29, 0.717) is 18.7 Å². The normalized spacial score (nSPS) is 14.6. The number of aryl methyl sites for hydroxylation is 2. The van der Waals surface area contributed by atoms with Gasteiger partial charge in [-0.2, -0.15) is 0 Å². The van der Waals surface area contributed by atoms with E-state index in [4.69, 9.17) is 11.6 Å². The molecule has 0 N–H and O–H groups in total. The first-order valence-electron chi connectivity index (χ1n) is 9.19. The van der Waals surface area contributed by atoms with Gasteiger partial charge in [0.25, 0.3) is 5.91 Å². The molecule has 2 aromatic carbocycles. The van der Waals surface area contributed by atoms with Gasteiger partial charge < -0.3 is 9.80 Å². The molecule has 1 saturated heterocycles. The molecule has 4 nitrogen and oxygen atoms in total. The minimum absolute atomic E-state index is 0.0640. The lowest BCUT2D eigenvalue weighted by atomic mass is 10.1. The smallest absolute Gasteiger partial charge is 0.255 e. The minimum atomic E-state index is 0.0640. The molecule has 0 aliphatic carbocycles. The number of aromatic nitrogens is 1. The van der Waals surface area contributed by atoms with Crippen molar-refractivity contribution in [3.63, 3.8) is 0 Å². The van der Waals surface area contributed by atoms with Crippen molar-refractivity contribution < 1.29 is 4.79 Å². The predicted octanol–water partition coefficient (Wildman–Crippen LogP) is 4.47. The second-order valence-corrected chi connectivity index (χ2v) is 7.51. The Morgan fingerprint density at radius 3 is 2.52 bits per heavy atom. The standard InChI is InChI=1S/C22H22ClN3O/c1-15-6-7-21-17(12-15)13-20(16(2)24-21)22(27)26-10-8-25(9-11-26)19-5-3-4-18(23)14-19/h3-7,12-14H,8-11H2,1-2H3. The molecule has 4 rings (SSSR count). The van der Waals surface area contributed by atoms with Crippen molar-refractivity contribution in [3.8, 4) is 0 Å². The number of piperazine rings is 1. The van der Waals surface area contributed by atoms with Crippen molar-refractivity contribution >= 4 is 34.1 Å². The number of fused-ring (bicyclic) bond motifs is 1. The summed E-state index contributed by atoms with van der Waals surface area (Å²) in [7, 11) is 0. The topological polar surface area (TPSA) is 36.4 Å². The third kappa shape index (κ3) is 3.62. The highest BCUT2D eigenvalue weighted by Crippen LogP contribution is 2.23. The van der Waals surface area contributed by atoms with Crippen molar-refractivity contribution in [3.05, 3.63) is 70.4 Å². The first-order chi connectivity index (χ1) is 13.0. The van der Waals surface area contributed by atoms with Crippen molar-refractivity contribution in [2.24, 2.45) is 0 Å². The Balaban J connectivity index is 1.52. The Hall–Kier alpha value is -2.59. The monoisotopic (exact) mass is 379 g/mol. The van der Waals surface area contributed by atoms with Gasteiger partial charge in [0, 0.05) is 42.3 Å². The number of carbonyl (C=O) groups excluding carboxylic acids is 1. The number of pyridine rings is 1. The second-order valence-electron chi connectivity index (χ2n) is 7.08. The van der Waals surface area contributed by atoms with E-state index in [-0.39, 0.29) is 5.91 Å². The fourth-order valence-corrected chi connectivity index (χ4v) is 3.80. The van der Waals surface area contributed by atoms with Gasteiger partial charge in [-0.05, 0) is 50.2 Å². The summed E-state index contributed by atoms with van der Waals surface area (Å²) in [6.45, 7) is 6.94. The lowest BCUT2D eigenvalue weighted by Crippen LogP contribution is -2.49. The summed E-state index contributed by atoms with van der Waals surface area (Å²) in [6, 6.07) is 16.0. The number of rotatable bonds is 2. The van der Waals surface area contributed by atoms with E-state index in [9.17, 15) is 4.79 Å². The van der Waals surface area contributed by atoms with Crippen LogP contribution in [0.5, 0.6) is 0 Å². The number of carbonyl (C=O) groups is 1. The third-order valence-corrected chi connectivity index (χ3v) is 5.37. The molecular formula is C22H22ClN3O. The summed E-state index contributed by atoms with van der Waals surface area (Å²) >= 11 is 6.10. The Labute approximate surface area is 164 Å². The summed E-state index contributed by atoms with van der Waals surface area (Å²) in [5.41, 5.74) is 4.69. The lowest BCUT2D eigenvalue weighted by molar-refractivity contribution is 0.0746. The SMILES string of the molecule is Cc1ccc2nc(C)c(C(=O)N3CCN(c4cccc(Cl)c4)CC3)cc2c1. The number of halogens is 1. The van der Waals surface area contributed by atoms with Crippen LogP contribution in [0.1, 0.15) is 21.6 Å². The molecule has 2 heterocycles. The van der Waals surface area contributed by atoms with Crippen LogP contribution in [0.3, 0.4) is 0 Å². The Morgan fingerprint density at radius 2 is 1.78 bits per heavy atom. The van der Waals surface area contributed by atoms with E-state index >= 15 is 0 Å². The van der Waals surface area contributed by atoms with E-state index in [1.54, 1.807) is 0 Å². The number of anilines is 1. The predicted molar refractivity (Wildman–Crippen MR) is 111 cm³/mol. The maximum atomic E-state index is 13.1. The van der Waals surface area contributed by atoms with Crippen molar-refractivity contribution in [2.75, 3.05) is 31.1 Å². The zero-order valence-electron chi connectivity index (χ0n) is 15.6. The number of hydrogen-bond acceptors (Lipinski definition) is 3. The van der Waals surface area contributed by atoms with Crippen molar-refractivity contribution in [1.29, 1.82) is 0 Å². The first-order valence-corrected chi connectivity index (χ1v) is 9.57. The molecule has 0 bridgehead atoms. The summed E-state index contributed by atoms with van der Waals surface area (Å²) in [5, 5.41) is 1.75. The van der Waals surface area contributed by atoms with Gasteiger partial charge >= 0.3 is 0 Å². The Morgan fingerprint density at radius 1 is 1.00 bits per heavy atom. The van der Waals surface area contributed by atoms with Crippen molar-refractivity contribution in [2.45, 2.75) is 13.8 Å². The van der Waals surface area contributed by atoms with Gasteiger partial charge in [0.05, 0.1) is 16.8 Å². The zero-order chi connectivity index (χ0) is 19.0. The Bertz CT molecular complexity index is 1010. The highest BCUT2D eigenvalue weighted by atomic mass is 35.5. The van der Waals surface area contributed by atoms with Crippen LogP contribution in [-0.4, -0.2) is 42.0 Å². The van der Waals surface area contributed by atoms with Gasteiger partial charge in [0.15, 0.2) is 0 Å². The van der Waals surface area contributed by atoms with E-state index in [1.807, 2.05) is 48.2 Å². The number of nitrogens with zero attached hydrogens (tertiary/aromatic N) is 3. The fraction of sp³-hybridized carbons (Fsp3) is 0.273. The van der Waals surface area contributed by atoms with Gasteiger partial charge in [-0.3, -0.25) is 9.78 Å². The highest BCUT2D eigenvalue weighted by molar-refractivity contribution is 6.30. The molecule has 0 atom stereocenters. The maximum absolute atomic E-state index is 13.1. The summed E-state index contributed by atoms with van der Waals surface area (Å²) < 4.78 is 0. The van der Waals surface area contributed by atoms with Gasteiger partial charge in [-0.15, -0.1) is 0 Å². The van der Waals surface area contributed by atoms with E-state index in [2.05, 4.69) is 28.9 Å². The second kappa shape index (κ2) is 7.20. The molecule has 0 spiro atoms. The van der Waals surface area contributed by atoms with Crippen molar-refractivity contribution in [1.82, 2.24) is 9.88 Å². The number of hydrogen-bond donors (Lipinski definition) is 0. The number of benzene rings is 2. The Kier molecular flexibility index (Phi) is 4.75. The molecule has 5 heteroatoms. The quantitative estimate of drug-likeness (QED) is 0.659. The first kappa shape index (κ1) is 17.8. The molecule has 1 aromatic heterocycles. The average Bonchev–Trinajstić information content (AvgIpc) is 2.67. The fourth-order valence-electron chi connectivity index (χ4n) is 3.62. The third-order valence-electron chi connectivity index (χ3n) is 5.13. The molecule has 1 aliphatic heterocycles. The molecule has 0 unspecified atom stereocenters. The van der Waals surface area contributed by atoms with Crippen LogP contribution in [0.15, 0.2) is 48.5 Å². The van der Waals surface area contributed by atoms with Crippen LogP contribution < -0.4 is 4.90 Å². The molecule has 27 heavy (non-hydrogen) atoms. The van der Waals surface area contributed by atoms with Gasteiger partial charge in [-0.25, -0.2) is 0 Å². The van der Waals surface area contributed by atoms with E-state index in [0.717, 1.165) is 40.4 Å². The molecular weight excluding hydrogens is 358 g/mol. The van der Waals surface area contributed by atoms with Crippen LogP contribution in [0.4, 0.5) is 5.69 Å². The van der Waals surface area contributed by atoms with Gasteiger partial charge in [-0.1, -0.05) is 29.3 Å². The van der Waals surface area contributed by atoms with Crippen LogP contribution in [0.2, 0.25) is 5.02 Å². The van der Waals surface area contributed by atoms with Crippen LogP contribution in [-0.2, 0) is 0 Å².